The van der Waals surface area contributed by atoms with Crippen LogP contribution in [0.2, 0.25) is 0 Å². The van der Waals surface area contributed by atoms with Crippen LogP contribution < -0.4 is 5.32 Å². The highest BCUT2D eigenvalue weighted by atomic mass is 79.9. The molecular formula is C10H20BrNO. The van der Waals surface area contributed by atoms with E-state index in [4.69, 9.17) is 0 Å². The lowest BCUT2D eigenvalue weighted by Gasteiger charge is -2.19. The maximum absolute atomic E-state index is 11.3. The zero-order chi connectivity index (χ0) is 10.3. The number of halogens is 1. The summed E-state index contributed by atoms with van der Waals surface area (Å²) in [6, 6.07) is 0.267. The van der Waals surface area contributed by atoms with Gasteiger partial charge in [0.25, 0.3) is 0 Å². The van der Waals surface area contributed by atoms with E-state index in [9.17, 15) is 4.79 Å². The number of unbranched alkanes of at least 4 members (excludes halogenated alkanes) is 1. The van der Waals surface area contributed by atoms with Crippen LogP contribution in [-0.2, 0) is 4.79 Å². The summed E-state index contributed by atoms with van der Waals surface area (Å²) in [7, 11) is 0. The fourth-order valence-corrected chi connectivity index (χ4v) is 1.50. The Morgan fingerprint density at radius 2 is 2.08 bits per heavy atom. The minimum absolute atomic E-state index is 0.183. The normalized spacial score (nSPS) is 15.1. The maximum Gasteiger partial charge on any atom is 0.220 e. The van der Waals surface area contributed by atoms with E-state index in [1.54, 1.807) is 0 Å². The van der Waals surface area contributed by atoms with Crippen molar-refractivity contribution in [2.75, 3.05) is 5.33 Å². The number of carbonyl (C=O) groups excluding carboxylic acids is 1. The number of hydrogen-bond acceptors (Lipinski definition) is 1. The molecule has 13 heavy (non-hydrogen) atoms. The molecule has 0 spiro atoms. The summed E-state index contributed by atoms with van der Waals surface area (Å²) in [6.07, 6.45) is 2.73. The van der Waals surface area contributed by atoms with E-state index in [1.807, 2.05) is 0 Å². The van der Waals surface area contributed by atoms with Gasteiger partial charge in [-0.3, -0.25) is 4.79 Å². The van der Waals surface area contributed by atoms with Crippen molar-refractivity contribution in [2.45, 2.75) is 46.1 Å². The molecule has 0 aromatic rings. The molecule has 3 heteroatoms. The molecule has 0 saturated heterocycles. The number of nitrogens with one attached hydrogen (secondary N) is 1. The molecule has 0 fully saturated rings. The van der Waals surface area contributed by atoms with Crippen molar-refractivity contribution in [3.05, 3.63) is 0 Å². The Kier molecular flexibility index (Phi) is 7.33. The Balaban J connectivity index is 3.64. The van der Waals surface area contributed by atoms with Crippen molar-refractivity contribution in [1.82, 2.24) is 5.32 Å². The van der Waals surface area contributed by atoms with Gasteiger partial charge in [0.15, 0.2) is 0 Å². The van der Waals surface area contributed by atoms with Crippen LogP contribution in [0.1, 0.15) is 40.0 Å². The first kappa shape index (κ1) is 12.9. The van der Waals surface area contributed by atoms with Gasteiger partial charge in [-0.25, -0.2) is 0 Å². The lowest BCUT2D eigenvalue weighted by Crippen LogP contribution is -2.37. The summed E-state index contributed by atoms with van der Waals surface area (Å²) < 4.78 is 0. The molecule has 0 aliphatic carbocycles. The highest BCUT2D eigenvalue weighted by Crippen LogP contribution is 2.06. The van der Waals surface area contributed by atoms with Gasteiger partial charge in [0.05, 0.1) is 0 Å². The van der Waals surface area contributed by atoms with E-state index in [0.29, 0.717) is 12.3 Å². The molecule has 0 saturated carbocycles. The van der Waals surface area contributed by atoms with Crippen molar-refractivity contribution in [3.8, 4) is 0 Å². The molecule has 2 unspecified atom stereocenters. The van der Waals surface area contributed by atoms with E-state index in [-0.39, 0.29) is 11.9 Å². The van der Waals surface area contributed by atoms with Gasteiger partial charge >= 0.3 is 0 Å². The SMILES string of the molecule is CCCCC(=O)NC(C)C(C)CBr. The summed E-state index contributed by atoms with van der Waals surface area (Å²) in [5.41, 5.74) is 0. The van der Waals surface area contributed by atoms with Gasteiger partial charge in [-0.15, -0.1) is 0 Å². The van der Waals surface area contributed by atoms with Crippen LogP contribution in [0.5, 0.6) is 0 Å². The fourth-order valence-electron chi connectivity index (χ4n) is 0.939. The number of amides is 1. The van der Waals surface area contributed by atoms with Crippen molar-refractivity contribution >= 4 is 21.8 Å². The summed E-state index contributed by atoms with van der Waals surface area (Å²) in [6.45, 7) is 6.27. The van der Waals surface area contributed by atoms with Gasteiger partial charge in [-0.1, -0.05) is 36.2 Å². The van der Waals surface area contributed by atoms with Gasteiger partial charge in [0.1, 0.15) is 0 Å². The highest BCUT2D eigenvalue weighted by molar-refractivity contribution is 9.09. The van der Waals surface area contributed by atoms with Crippen LogP contribution in [0, 0.1) is 5.92 Å². The zero-order valence-corrected chi connectivity index (χ0v) is 10.4. The average molecular weight is 250 g/mol. The standard InChI is InChI=1S/C10H20BrNO/c1-4-5-6-10(13)12-9(3)8(2)7-11/h8-9H,4-7H2,1-3H3,(H,12,13). The van der Waals surface area contributed by atoms with Crippen LogP contribution in [0.4, 0.5) is 0 Å². The molecule has 0 aromatic heterocycles. The Hall–Kier alpha value is -0.0500. The largest absolute Gasteiger partial charge is 0.353 e. The van der Waals surface area contributed by atoms with Crippen LogP contribution in [-0.4, -0.2) is 17.3 Å². The van der Waals surface area contributed by atoms with Crippen LogP contribution in [0.3, 0.4) is 0 Å². The topological polar surface area (TPSA) is 29.1 Å². The van der Waals surface area contributed by atoms with Gasteiger partial charge in [0, 0.05) is 17.8 Å². The van der Waals surface area contributed by atoms with E-state index < -0.39 is 0 Å². The van der Waals surface area contributed by atoms with E-state index in [2.05, 4.69) is 42.0 Å². The van der Waals surface area contributed by atoms with Gasteiger partial charge < -0.3 is 5.32 Å². The van der Waals surface area contributed by atoms with E-state index >= 15 is 0 Å². The molecule has 0 rings (SSSR count). The summed E-state index contributed by atoms with van der Waals surface area (Å²) in [5.74, 6) is 0.674. The Bertz CT molecular complexity index is 150. The van der Waals surface area contributed by atoms with Gasteiger partial charge in [0.2, 0.25) is 5.91 Å². The van der Waals surface area contributed by atoms with Crippen molar-refractivity contribution < 1.29 is 4.79 Å². The minimum Gasteiger partial charge on any atom is -0.353 e. The molecule has 1 amide bonds. The second-order valence-corrected chi connectivity index (χ2v) is 4.24. The fraction of sp³-hybridized carbons (Fsp3) is 0.900. The molecular weight excluding hydrogens is 230 g/mol. The lowest BCUT2D eigenvalue weighted by atomic mass is 10.1. The van der Waals surface area contributed by atoms with Gasteiger partial charge in [-0.05, 0) is 19.3 Å². The Morgan fingerprint density at radius 3 is 2.54 bits per heavy atom. The molecule has 0 radical (unpaired) electrons. The number of hydrogen-bond donors (Lipinski definition) is 1. The third-order valence-electron chi connectivity index (χ3n) is 2.24. The van der Waals surface area contributed by atoms with E-state index in [0.717, 1.165) is 18.2 Å². The monoisotopic (exact) mass is 249 g/mol. The molecule has 78 valence electrons. The number of carbonyl (C=O) groups is 1. The smallest absolute Gasteiger partial charge is 0.220 e. The predicted molar refractivity (Wildman–Crippen MR) is 60.1 cm³/mol. The molecule has 2 atom stereocenters. The molecule has 0 aromatic carbocycles. The second-order valence-electron chi connectivity index (χ2n) is 3.59. The quantitative estimate of drug-likeness (QED) is 0.721. The van der Waals surface area contributed by atoms with Crippen molar-refractivity contribution in [1.29, 1.82) is 0 Å². The maximum atomic E-state index is 11.3. The molecule has 1 N–H and O–H groups in total. The zero-order valence-electron chi connectivity index (χ0n) is 8.77. The molecule has 0 heterocycles. The Labute approximate surface area is 89.6 Å². The first-order chi connectivity index (χ1) is 6.11. The Morgan fingerprint density at radius 1 is 1.46 bits per heavy atom. The molecule has 0 bridgehead atoms. The summed E-state index contributed by atoms with van der Waals surface area (Å²) in [4.78, 5) is 11.3. The first-order valence-corrected chi connectivity index (χ1v) is 6.09. The minimum atomic E-state index is 0.183. The molecule has 2 nitrogen and oxygen atoms in total. The van der Waals surface area contributed by atoms with Crippen molar-refractivity contribution in [2.24, 2.45) is 5.92 Å². The molecule has 0 aliphatic heterocycles. The van der Waals surface area contributed by atoms with Crippen molar-refractivity contribution in [3.63, 3.8) is 0 Å². The first-order valence-electron chi connectivity index (χ1n) is 4.97. The number of alkyl halides is 1. The van der Waals surface area contributed by atoms with Crippen LogP contribution in [0.25, 0.3) is 0 Å². The van der Waals surface area contributed by atoms with Gasteiger partial charge in [-0.2, -0.15) is 0 Å². The third-order valence-corrected chi connectivity index (χ3v) is 3.26. The summed E-state index contributed by atoms with van der Waals surface area (Å²) in [5, 5.41) is 3.93. The van der Waals surface area contributed by atoms with Crippen LogP contribution in [0.15, 0.2) is 0 Å². The average Bonchev–Trinajstić information content (AvgIpc) is 2.13. The molecule has 0 aliphatic rings. The number of rotatable bonds is 6. The third kappa shape index (κ3) is 6.08. The van der Waals surface area contributed by atoms with Crippen LogP contribution >= 0.6 is 15.9 Å². The van der Waals surface area contributed by atoms with E-state index in [1.165, 1.54) is 0 Å². The summed E-state index contributed by atoms with van der Waals surface area (Å²) >= 11 is 3.41. The predicted octanol–water partition coefficient (Wildman–Crippen LogP) is 2.71. The lowest BCUT2D eigenvalue weighted by molar-refractivity contribution is -0.122. The second kappa shape index (κ2) is 7.36. The highest BCUT2D eigenvalue weighted by Gasteiger charge is 2.12.